The number of phenolic OH excluding ortho intramolecular Hbond substituents is 2. The van der Waals surface area contributed by atoms with Crippen LogP contribution in [0, 0.1) is 0 Å². The maximum Gasteiger partial charge on any atom is 0.251 e. The van der Waals surface area contributed by atoms with Gasteiger partial charge in [-0.05, 0) is 18.2 Å². The van der Waals surface area contributed by atoms with E-state index >= 15 is 0 Å². The average Bonchev–Trinajstić information content (AvgIpc) is 2.18. The molecule has 0 radical (unpaired) electrons. The lowest BCUT2D eigenvalue weighted by Crippen LogP contribution is -2.25. The maximum absolute atomic E-state index is 11.3. The van der Waals surface area contributed by atoms with Crippen molar-refractivity contribution in [2.75, 3.05) is 12.4 Å². The summed E-state index contributed by atoms with van der Waals surface area (Å²) >= 11 is 5.39. The van der Waals surface area contributed by atoms with Crippen LogP contribution in [-0.2, 0) is 0 Å². The third-order valence-electron chi connectivity index (χ3n) is 1.62. The molecule has 1 aromatic rings. The van der Waals surface area contributed by atoms with Crippen LogP contribution < -0.4 is 5.32 Å². The van der Waals surface area contributed by atoms with Crippen molar-refractivity contribution in [3.8, 4) is 11.5 Å². The van der Waals surface area contributed by atoms with Gasteiger partial charge in [-0.25, -0.2) is 0 Å². The minimum Gasteiger partial charge on any atom is -0.504 e. The van der Waals surface area contributed by atoms with Crippen molar-refractivity contribution >= 4 is 17.5 Å². The van der Waals surface area contributed by atoms with E-state index in [2.05, 4.69) is 5.32 Å². The number of nitrogens with one attached hydrogen (secondary N) is 1. The summed E-state index contributed by atoms with van der Waals surface area (Å²) in [6.07, 6.45) is 0. The first-order valence-electron chi connectivity index (χ1n) is 4.01. The van der Waals surface area contributed by atoms with E-state index in [9.17, 15) is 4.79 Å². The molecule has 0 aromatic heterocycles. The van der Waals surface area contributed by atoms with Gasteiger partial charge < -0.3 is 15.5 Å². The standard InChI is InChI=1S/C9H10ClNO3/c10-3-4-11-9(14)6-1-2-7(12)8(13)5-6/h1-2,5,12-13H,3-4H2,(H,11,14). The van der Waals surface area contributed by atoms with Gasteiger partial charge in [0.2, 0.25) is 0 Å². The molecule has 76 valence electrons. The van der Waals surface area contributed by atoms with Crippen molar-refractivity contribution < 1.29 is 15.0 Å². The fourth-order valence-corrected chi connectivity index (χ4v) is 1.02. The van der Waals surface area contributed by atoms with Crippen molar-refractivity contribution in [2.45, 2.75) is 0 Å². The minimum absolute atomic E-state index is 0.251. The van der Waals surface area contributed by atoms with Gasteiger partial charge >= 0.3 is 0 Å². The number of benzene rings is 1. The molecule has 0 aliphatic heterocycles. The van der Waals surface area contributed by atoms with Crippen LogP contribution in [0.1, 0.15) is 10.4 Å². The number of alkyl halides is 1. The van der Waals surface area contributed by atoms with Gasteiger partial charge in [-0.2, -0.15) is 0 Å². The highest BCUT2D eigenvalue weighted by Gasteiger charge is 2.07. The molecule has 5 heteroatoms. The van der Waals surface area contributed by atoms with Gasteiger partial charge in [0.25, 0.3) is 5.91 Å². The molecule has 14 heavy (non-hydrogen) atoms. The molecular weight excluding hydrogens is 206 g/mol. The van der Waals surface area contributed by atoms with E-state index in [0.29, 0.717) is 12.4 Å². The van der Waals surface area contributed by atoms with Crippen molar-refractivity contribution in [1.29, 1.82) is 0 Å². The Hall–Kier alpha value is -1.42. The topological polar surface area (TPSA) is 69.6 Å². The van der Waals surface area contributed by atoms with E-state index in [4.69, 9.17) is 21.8 Å². The van der Waals surface area contributed by atoms with Crippen LogP contribution in [-0.4, -0.2) is 28.5 Å². The quantitative estimate of drug-likeness (QED) is 0.522. The summed E-state index contributed by atoms with van der Waals surface area (Å²) in [5.41, 5.74) is 0.283. The summed E-state index contributed by atoms with van der Waals surface area (Å²) in [5.74, 6) is -0.570. The Labute approximate surface area is 86.1 Å². The van der Waals surface area contributed by atoms with Crippen molar-refractivity contribution in [1.82, 2.24) is 5.32 Å². The van der Waals surface area contributed by atoms with Gasteiger partial charge in [0.05, 0.1) is 0 Å². The molecule has 0 saturated carbocycles. The summed E-state index contributed by atoms with van der Waals surface area (Å²) in [6.45, 7) is 0.363. The average molecular weight is 216 g/mol. The Kier molecular flexibility index (Phi) is 3.59. The van der Waals surface area contributed by atoms with Crippen LogP contribution >= 0.6 is 11.6 Å². The Balaban J connectivity index is 2.76. The molecule has 1 amide bonds. The molecule has 1 aromatic carbocycles. The van der Waals surface area contributed by atoms with E-state index in [-0.39, 0.29) is 23.0 Å². The first kappa shape index (κ1) is 10.7. The molecule has 0 aliphatic rings. The fraction of sp³-hybridized carbons (Fsp3) is 0.222. The lowest BCUT2D eigenvalue weighted by atomic mass is 10.2. The molecule has 0 heterocycles. The van der Waals surface area contributed by atoms with E-state index in [1.165, 1.54) is 18.2 Å². The van der Waals surface area contributed by atoms with E-state index in [1.54, 1.807) is 0 Å². The van der Waals surface area contributed by atoms with E-state index in [0.717, 1.165) is 0 Å². The van der Waals surface area contributed by atoms with E-state index in [1.807, 2.05) is 0 Å². The Morgan fingerprint density at radius 1 is 1.36 bits per heavy atom. The smallest absolute Gasteiger partial charge is 0.251 e. The monoisotopic (exact) mass is 215 g/mol. The number of hydrogen-bond donors (Lipinski definition) is 3. The predicted molar refractivity (Wildman–Crippen MR) is 52.8 cm³/mol. The van der Waals surface area contributed by atoms with Crippen LogP contribution in [0.2, 0.25) is 0 Å². The lowest BCUT2D eigenvalue weighted by molar-refractivity contribution is 0.0955. The number of carbonyl (C=O) groups is 1. The number of rotatable bonds is 3. The highest BCUT2D eigenvalue weighted by Crippen LogP contribution is 2.24. The molecule has 3 N–H and O–H groups in total. The van der Waals surface area contributed by atoms with Gasteiger partial charge in [-0.15, -0.1) is 11.6 Å². The van der Waals surface area contributed by atoms with Gasteiger partial charge in [-0.1, -0.05) is 0 Å². The molecule has 0 atom stereocenters. The highest BCUT2D eigenvalue weighted by molar-refractivity contribution is 6.18. The van der Waals surface area contributed by atoms with Gasteiger partial charge in [-0.3, -0.25) is 4.79 Å². The number of amides is 1. The van der Waals surface area contributed by atoms with Crippen molar-refractivity contribution in [3.05, 3.63) is 23.8 Å². The molecule has 0 fully saturated rings. The number of halogens is 1. The molecule has 0 spiro atoms. The number of hydrogen-bond acceptors (Lipinski definition) is 3. The number of carbonyl (C=O) groups excluding carboxylic acids is 1. The van der Waals surface area contributed by atoms with Crippen LogP contribution in [0.4, 0.5) is 0 Å². The number of phenols is 2. The molecule has 4 nitrogen and oxygen atoms in total. The molecule has 0 unspecified atom stereocenters. The third-order valence-corrected chi connectivity index (χ3v) is 1.81. The Morgan fingerprint density at radius 2 is 2.07 bits per heavy atom. The zero-order chi connectivity index (χ0) is 10.6. The number of aromatic hydroxyl groups is 2. The first-order valence-corrected chi connectivity index (χ1v) is 4.54. The van der Waals surface area contributed by atoms with Gasteiger partial charge in [0, 0.05) is 18.0 Å². The normalized spacial score (nSPS) is 9.79. The van der Waals surface area contributed by atoms with E-state index < -0.39 is 0 Å². The Morgan fingerprint density at radius 3 is 2.64 bits per heavy atom. The summed E-state index contributed by atoms with van der Waals surface area (Å²) < 4.78 is 0. The second kappa shape index (κ2) is 4.72. The largest absolute Gasteiger partial charge is 0.504 e. The SMILES string of the molecule is O=C(NCCCl)c1ccc(O)c(O)c1. The maximum atomic E-state index is 11.3. The minimum atomic E-state index is -0.332. The Bertz CT molecular complexity index is 341. The molecule has 0 aliphatic carbocycles. The van der Waals surface area contributed by atoms with Crippen LogP contribution in [0.15, 0.2) is 18.2 Å². The second-order valence-corrected chi connectivity index (χ2v) is 3.03. The molecular formula is C9H10ClNO3. The van der Waals surface area contributed by atoms with Gasteiger partial charge in [0.1, 0.15) is 0 Å². The third kappa shape index (κ3) is 2.53. The lowest BCUT2D eigenvalue weighted by Gasteiger charge is -2.03. The second-order valence-electron chi connectivity index (χ2n) is 2.65. The zero-order valence-electron chi connectivity index (χ0n) is 7.33. The van der Waals surface area contributed by atoms with Gasteiger partial charge in [0.15, 0.2) is 11.5 Å². The molecule has 0 saturated heterocycles. The summed E-state index contributed by atoms with van der Waals surface area (Å²) in [4.78, 5) is 11.3. The van der Waals surface area contributed by atoms with Crippen molar-refractivity contribution in [2.24, 2.45) is 0 Å². The van der Waals surface area contributed by atoms with Crippen LogP contribution in [0.3, 0.4) is 0 Å². The fourth-order valence-electron chi connectivity index (χ4n) is 0.928. The summed E-state index contributed by atoms with van der Waals surface area (Å²) in [5, 5.41) is 20.6. The zero-order valence-corrected chi connectivity index (χ0v) is 8.08. The first-order chi connectivity index (χ1) is 6.65. The van der Waals surface area contributed by atoms with Crippen LogP contribution in [0.5, 0.6) is 11.5 Å². The predicted octanol–water partition coefficient (Wildman–Crippen LogP) is 1.07. The van der Waals surface area contributed by atoms with Crippen LogP contribution in [0.25, 0.3) is 0 Å². The van der Waals surface area contributed by atoms with Crippen molar-refractivity contribution in [3.63, 3.8) is 0 Å². The summed E-state index contributed by atoms with van der Waals surface area (Å²) in [7, 11) is 0. The molecule has 1 rings (SSSR count). The molecule has 0 bridgehead atoms. The summed E-state index contributed by atoms with van der Waals surface area (Å²) in [6, 6.07) is 3.86. The highest BCUT2D eigenvalue weighted by atomic mass is 35.5.